The van der Waals surface area contributed by atoms with Gasteiger partial charge < -0.3 is 10.4 Å². The number of anilines is 1. The Hall–Kier alpha value is -1.91. The Bertz CT molecular complexity index is 487. The van der Waals surface area contributed by atoms with Crippen LogP contribution in [0.1, 0.15) is 29.6 Å². The van der Waals surface area contributed by atoms with Crippen molar-refractivity contribution in [2.75, 3.05) is 5.32 Å². The lowest BCUT2D eigenvalue weighted by molar-refractivity contribution is -0.118. The number of aromatic nitrogens is 1. The highest BCUT2D eigenvalue weighted by Gasteiger charge is 2.56. The third kappa shape index (κ3) is 1.85. The molecule has 0 saturated heterocycles. The van der Waals surface area contributed by atoms with Crippen LogP contribution in [0.4, 0.5) is 5.82 Å². The quantitative estimate of drug-likeness (QED) is 0.851. The number of nitrogens with one attached hydrogen (secondary N) is 1. The zero-order chi connectivity index (χ0) is 12.7. The first-order valence-corrected chi connectivity index (χ1v) is 6.17. The van der Waals surface area contributed by atoms with Crippen LogP contribution in [-0.2, 0) is 4.79 Å². The number of carboxylic acid groups (broad SMARTS) is 1. The minimum atomic E-state index is -1.02. The molecule has 0 aliphatic heterocycles. The molecular weight excluding hydrogens is 232 g/mol. The molecule has 2 atom stereocenters. The second-order valence-electron chi connectivity index (χ2n) is 5.01. The van der Waals surface area contributed by atoms with Gasteiger partial charge in [0.05, 0.1) is 5.56 Å². The number of hydrogen-bond donors (Lipinski definition) is 2. The lowest BCUT2D eigenvalue weighted by Gasteiger charge is -2.05. The van der Waals surface area contributed by atoms with Gasteiger partial charge in [-0.2, -0.15) is 0 Å². The number of carbonyl (C=O) groups is 2. The molecule has 0 spiro atoms. The summed E-state index contributed by atoms with van der Waals surface area (Å²) >= 11 is 0. The second-order valence-corrected chi connectivity index (χ2v) is 5.01. The van der Waals surface area contributed by atoms with Gasteiger partial charge in [-0.3, -0.25) is 4.79 Å². The van der Waals surface area contributed by atoms with E-state index in [0.717, 1.165) is 12.8 Å². The molecule has 2 fully saturated rings. The molecule has 2 unspecified atom stereocenters. The number of fused-ring (bicyclic) bond motifs is 1. The van der Waals surface area contributed by atoms with Gasteiger partial charge in [-0.05, 0) is 36.8 Å². The molecule has 0 radical (unpaired) electrons. The van der Waals surface area contributed by atoms with E-state index in [4.69, 9.17) is 5.11 Å². The SMILES string of the molecule is O=C(O)c1ccc(NC(=O)C2C3CCCC32)nc1. The summed E-state index contributed by atoms with van der Waals surface area (Å²) < 4.78 is 0. The maximum absolute atomic E-state index is 11.9. The maximum atomic E-state index is 11.9. The van der Waals surface area contributed by atoms with Crippen molar-refractivity contribution in [3.8, 4) is 0 Å². The highest BCUT2D eigenvalue weighted by atomic mass is 16.4. The fourth-order valence-corrected chi connectivity index (χ4v) is 3.01. The zero-order valence-electron chi connectivity index (χ0n) is 9.80. The molecule has 5 nitrogen and oxygen atoms in total. The van der Waals surface area contributed by atoms with Crippen molar-refractivity contribution in [2.24, 2.45) is 17.8 Å². The lowest BCUT2D eigenvalue weighted by atomic mass is 10.1. The van der Waals surface area contributed by atoms with Crippen molar-refractivity contribution in [1.82, 2.24) is 4.98 Å². The Morgan fingerprint density at radius 3 is 2.56 bits per heavy atom. The van der Waals surface area contributed by atoms with Crippen LogP contribution in [0.2, 0.25) is 0 Å². The number of pyridine rings is 1. The monoisotopic (exact) mass is 246 g/mol. The van der Waals surface area contributed by atoms with E-state index in [0.29, 0.717) is 17.7 Å². The van der Waals surface area contributed by atoms with E-state index in [-0.39, 0.29) is 17.4 Å². The van der Waals surface area contributed by atoms with E-state index < -0.39 is 5.97 Å². The fourth-order valence-electron chi connectivity index (χ4n) is 3.01. The number of aromatic carboxylic acids is 1. The largest absolute Gasteiger partial charge is 0.478 e. The molecule has 0 bridgehead atoms. The Kier molecular flexibility index (Phi) is 2.54. The normalized spacial score (nSPS) is 28.6. The van der Waals surface area contributed by atoms with E-state index in [1.165, 1.54) is 24.8 Å². The highest BCUT2D eigenvalue weighted by Crippen LogP contribution is 2.57. The summed E-state index contributed by atoms with van der Waals surface area (Å²) in [6, 6.07) is 2.97. The van der Waals surface area contributed by atoms with Gasteiger partial charge in [0.2, 0.25) is 5.91 Å². The van der Waals surface area contributed by atoms with Crippen LogP contribution in [-0.4, -0.2) is 22.0 Å². The number of carbonyl (C=O) groups excluding carboxylic acids is 1. The molecule has 0 aromatic carbocycles. The van der Waals surface area contributed by atoms with Gasteiger partial charge in [0.25, 0.3) is 0 Å². The minimum Gasteiger partial charge on any atom is -0.478 e. The molecule has 3 rings (SSSR count). The van der Waals surface area contributed by atoms with E-state index >= 15 is 0 Å². The van der Waals surface area contributed by atoms with Crippen LogP contribution in [0.5, 0.6) is 0 Å². The molecule has 2 saturated carbocycles. The lowest BCUT2D eigenvalue weighted by Crippen LogP contribution is -2.17. The smallest absolute Gasteiger partial charge is 0.337 e. The molecule has 1 aromatic heterocycles. The number of rotatable bonds is 3. The van der Waals surface area contributed by atoms with Crippen molar-refractivity contribution < 1.29 is 14.7 Å². The standard InChI is InChI=1S/C13H14N2O3/c16-12(11-8-2-1-3-9(8)11)15-10-5-4-7(6-14-10)13(17)18/h4-6,8-9,11H,1-3H2,(H,17,18)(H,14,15,16). The van der Waals surface area contributed by atoms with E-state index in [1.807, 2.05) is 0 Å². The molecule has 2 aliphatic rings. The van der Waals surface area contributed by atoms with Gasteiger partial charge in [0.15, 0.2) is 0 Å². The Labute approximate surface area is 104 Å². The molecule has 1 amide bonds. The zero-order valence-corrected chi connectivity index (χ0v) is 9.80. The molecule has 5 heteroatoms. The summed E-state index contributed by atoms with van der Waals surface area (Å²) in [5, 5.41) is 11.5. The highest BCUT2D eigenvalue weighted by molar-refractivity contribution is 5.94. The summed E-state index contributed by atoms with van der Waals surface area (Å²) in [6.07, 6.45) is 4.82. The van der Waals surface area contributed by atoms with Crippen molar-refractivity contribution >= 4 is 17.7 Å². The van der Waals surface area contributed by atoms with Crippen LogP contribution in [0.15, 0.2) is 18.3 Å². The van der Waals surface area contributed by atoms with Crippen LogP contribution in [0.25, 0.3) is 0 Å². The summed E-state index contributed by atoms with van der Waals surface area (Å²) in [5.74, 6) is 0.735. The molecular formula is C13H14N2O3. The summed E-state index contributed by atoms with van der Waals surface area (Å²) in [6.45, 7) is 0. The average Bonchev–Trinajstić information content (AvgIpc) is 2.84. The molecule has 1 heterocycles. The minimum absolute atomic E-state index is 0.0280. The molecule has 2 aliphatic carbocycles. The van der Waals surface area contributed by atoms with Crippen molar-refractivity contribution in [1.29, 1.82) is 0 Å². The van der Waals surface area contributed by atoms with E-state index in [1.54, 1.807) is 0 Å². The third-order valence-corrected chi connectivity index (χ3v) is 3.97. The number of hydrogen-bond acceptors (Lipinski definition) is 3. The summed E-state index contributed by atoms with van der Waals surface area (Å²) in [7, 11) is 0. The predicted octanol–water partition coefficient (Wildman–Crippen LogP) is 1.76. The van der Waals surface area contributed by atoms with Crippen LogP contribution in [0, 0.1) is 17.8 Å². The first kappa shape index (κ1) is 11.2. The third-order valence-electron chi connectivity index (χ3n) is 3.97. The summed E-state index contributed by atoms with van der Waals surface area (Å²) in [5.41, 5.74) is 0.122. The molecule has 94 valence electrons. The van der Waals surface area contributed by atoms with Crippen molar-refractivity contribution in [3.05, 3.63) is 23.9 Å². The van der Waals surface area contributed by atoms with Crippen LogP contribution >= 0.6 is 0 Å². The molecule has 18 heavy (non-hydrogen) atoms. The Morgan fingerprint density at radius 1 is 1.28 bits per heavy atom. The van der Waals surface area contributed by atoms with Crippen molar-refractivity contribution in [3.63, 3.8) is 0 Å². The number of nitrogens with zero attached hydrogens (tertiary/aromatic N) is 1. The van der Waals surface area contributed by atoms with Gasteiger partial charge in [0.1, 0.15) is 5.82 Å². The maximum Gasteiger partial charge on any atom is 0.337 e. The van der Waals surface area contributed by atoms with E-state index in [2.05, 4.69) is 10.3 Å². The van der Waals surface area contributed by atoms with Gasteiger partial charge in [0, 0.05) is 12.1 Å². The van der Waals surface area contributed by atoms with Gasteiger partial charge >= 0.3 is 5.97 Å². The van der Waals surface area contributed by atoms with Crippen LogP contribution < -0.4 is 5.32 Å². The topological polar surface area (TPSA) is 79.3 Å². The Balaban J connectivity index is 1.62. The first-order chi connectivity index (χ1) is 8.66. The summed E-state index contributed by atoms with van der Waals surface area (Å²) in [4.78, 5) is 26.5. The van der Waals surface area contributed by atoms with E-state index in [9.17, 15) is 9.59 Å². The first-order valence-electron chi connectivity index (χ1n) is 6.17. The molecule has 1 aromatic rings. The fraction of sp³-hybridized carbons (Fsp3) is 0.462. The number of amides is 1. The van der Waals surface area contributed by atoms with Gasteiger partial charge in [-0.15, -0.1) is 0 Å². The predicted molar refractivity (Wildman–Crippen MR) is 64.1 cm³/mol. The second kappa shape index (κ2) is 4.08. The van der Waals surface area contributed by atoms with Crippen LogP contribution in [0.3, 0.4) is 0 Å². The van der Waals surface area contributed by atoms with Crippen molar-refractivity contribution in [2.45, 2.75) is 19.3 Å². The average molecular weight is 246 g/mol. The Morgan fingerprint density at radius 2 is 2.00 bits per heavy atom. The van der Waals surface area contributed by atoms with Gasteiger partial charge in [-0.25, -0.2) is 9.78 Å². The molecule has 2 N–H and O–H groups in total. The van der Waals surface area contributed by atoms with Gasteiger partial charge in [-0.1, -0.05) is 6.42 Å². The number of carboxylic acids is 1.